The van der Waals surface area contributed by atoms with E-state index in [1.54, 1.807) is 0 Å². The summed E-state index contributed by atoms with van der Waals surface area (Å²) in [7, 11) is 0. The predicted octanol–water partition coefficient (Wildman–Crippen LogP) is 2.88. The molecule has 0 aliphatic heterocycles. The standard InChI is InChI=1S/C20H18N4O3S2/c1-12-6-8-13(9-7-12)24-19(20(26)27-23-24)28-11-17(25)22-18-15(10-21)14-4-2-3-5-16(14)29-18/h6-9H,2-5,11H2,1H3,(H-,22,23,25,26). The van der Waals surface area contributed by atoms with Crippen molar-refractivity contribution in [3.63, 3.8) is 0 Å². The van der Waals surface area contributed by atoms with Crippen molar-refractivity contribution in [1.29, 1.82) is 5.26 Å². The minimum atomic E-state index is -0.590. The van der Waals surface area contributed by atoms with Crippen molar-refractivity contribution >= 4 is 34.0 Å². The first-order valence-electron chi connectivity index (χ1n) is 9.20. The summed E-state index contributed by atoms with van der Waals surface area (Å²) in [6.45, 7) is 1.97. The number of fused-ring (bicyclic) bond motifs is 1. The van der Waals surface area contributed by atoms with E-state index < -0.39 is 5.95 Å². The van der Waals surface area contributed by atoms with Gasteiger partial charge in [0.1, 0.15) is 11.1 Å². The summed E-state index contributed by atoms with van der Waals surface area (Å²) in [5.41, 5.74) is 3.42. The summed E-state index contributed by atoms with van der Waals surface area (Å²) >= 11 is 2.54. The van der Waals surface area contributed by atoms with Crippen LogP contribution in [0.5, 0.6) is 5.95 Å². The van der Waals surface area contributed by atoms with Gasteiger partial charge in [-0.1, -0.05) is 17.7 Å². The van der Waals surface area contributed by atoms with E-state index in [9.17, 15) is 15.2 Å². The lowest BCUT2D eigenvalue weighted by atomic mass is 9.96. The summed E-state index contributed by atoms with van der Waals surface area (Å²) in [5.74, 6) is -0.857. The lowest BCUT2D eigenvalue weighted by molar-refractivity contribution is -0.705. The fourth-order valence-electron chi connectivity index (χ4n) is 3.28. The van der Waals surface area contributed by atoms with Crippen LogP contribution >= 0.6 is 23.1 Å². The van der Waals surface area contributed by atoms with Crippen LogP contribution in [-0.4, -0.2) is 16.9 Å². The first-order valence-corrected chi connectivity index (χ1v) is 11.0. The molecule has 0 spiro atoms. The van der Waals surface area contributed by atoms with Crippen LogP contribution in [-0.2, 0) is 17.6 Å². The Kier molecular flexibility index (Phi) is 5.56. The largest absolute Gasteiger partial charge is 0.538 e. The van der Waals surface area contributed by atoms with Crippen LogP contribution in [0, 0.1) is 18.3 Å². The molecule has 0 atom stereocenters. The van der Waals surface area contributed by atoms with Gasteiger partial charge < -0.3 is 14.9 Å². The highest BCUT2D eigenvalue weighted by Gasteiger charge is 2.24. The second-order valence-corrected chi connectivity index (χ2v) is 8.85. The van der Waals surface area contributed by atoms with Crippen LogP contribution in [0.1, 0.15) is 34.4 Å². The van der Waals surface area contributed by atoms with E-state index in [2.05, 4.69) is 16.7 Å². The van der Waals surface area contributed by atoms with Gasteiger partial charge >= 0.3 is 0 Å². The molecule has 1 aliphatic rings. The fourth-order valence-corrected chi connectivity index (χ4v) is 5.29. The number of anilines is 1. The molecule has 0 saturated carbocycles. The summed E-state index contributed by atoms with van der Waals surface area (Å²) < 4.78 is 6.18. The third kappa shape index (κ3) is 3.99. The zero-order chi connectivity index (χ0) is 20.4. The second-order valence-electron chi connectivity index (χ2n) is 6.78. The van der Waals surface area contributed by atoms with Gasteiger partial charge in [-0.25, -0.2) is 0 Å². The van der Waals surface area contributed by atoms with Crippen molar-refractivity contribution in [3.05, 3.63) is 45.8 Å². The molecule has 1 N–H and O–H groups in total. The fraction of sp³-hybridized carbons (Fsp3) is 0.300. The molecule has 0 saturated heterocycles. The molecule has 9 heteroatoms. The number of thiophene rings is 1. The van der Waals surface area contributed by atoms with Crippen LogP contribution in [0.4, 0.5) is 5.00 Å². The van der Waals surface area contributed by atoms with Crippen LogP contribution < -0.4 is 15.1 Å². The van der Waals surface area contributed by atoms with E-state index in [0.717, 1.165) is 48.6 Å². The molecule has 7 nitrogen and oxygen atoms in total. The Morgan fingerprint density at radius 2 is 2.14 bits per heavy atom. The number of hydrogen-bond acceptors (Lipinski definition) is 7. The molecule has 2 aromatic heterocycles. The Labute approximate surface area is 175 Å². The number of aromatic nitrogens is 2. The van der Waals surface area contributed by atoms with Gasteiger partial charge in [0, 0.05) is 17.0 Å². The minimum Gasteiger partial charge on any atom is -0.538 e. The van der Waals surface area contributed by atoms with Crippen LogP contribution in [0.25, 0.3) is 5.69 Å². The van der Waals surface area contributed by atoms with Crippen molar-refractivity contribution in [2.75, 3.05) is 11.1 Å². The molecule has 1 amide bonds. The lowest BCUT2D eigenvalue weighted by Crippen LogP contribution is -2.35. The number of nitrogens with one attached hydrogen (secondary N) is 1. The molecule has 1 aliphatic carbocycles. The van der Waals surface area contributed by atoms with Crippen molar-refractivity contribution in [2.45, 2.75) is 37.6 Å². The first-order chi connectivity index (χ1) is 14.1. The number of rotatable bonds is 5. The Balaban J connectivity index is 1.47. The molecular weight excluding hydrogens is 408 g/mol. The van der Waals surface area contributed by atoms with Gasteiger partial charge in [0.15, 0.2) is 5.95 Å². The molecule has 0 bridgehead atoms. The Morgan fingerprint density at radius 1 is 1.38 bits per heavy atom. The van der Waals surface area contributed by atoms with Gasteiger partial charge in [-0.2, -0.15) is 5.26 Å². The van der Waals surface area contributed by atoms with E-state index in [-0.39, 0.29) is 16.7 Å². The van der Waals surface area contributed by atoms with E-state index in [1.165, 1.54) is 20.9 Å². The van der Waals surface area contributed by atoms with Gasteiger partial charge in [0.2, 0.25) is 11.6 Å². The Bertz CT molecular complexity index is 1100. The maximum absolute atomic E-state index is 12.5. The molecule has 148 valence electrons. The van der Waals surface area contributed by atoms with Crippen LogP contribution in [0.15, 0.2) is 33.8 Å². The Morgan fingerprint density at radius 3 is 2.90 bits per heavy atom. The lowest BCUT2D eigenvalue weighted by Gasteiger charge is -2.09. The van der Waals surface area contributed by atoms with E-state index in [0.29, 0.717) is 16.3 Å². The number of thioether (sulfide) groups is 1. The molecule has 2 heterocycles. The highest BCUT2D eigenvalue weighted by Crippen LogP contribution is 2.37. The number of carbonyl (C=O) groups is 1. The third-order valence-corrected chi connectivity index (χ3v) is 6.95. The van der Waals surface area contributed by atoms with Crippen LogP contribution in [0.2, 0.25) is 0 Å². The molecule has 4 rings (SSSR count). The van der Waals surface area contributed by atoms with E-state index >= 15 is 0 Å². The minimum absolute atomic E-state index is 0.00967. The van der Waals surface area contributed by atoms with Gasteiger partial charge in [0.25, 0.3) is 5.03 Å². The molecule has 0 radical (unpaired) electrons. The average molecular weight is 427 g/mol. The first kappa shape index (κ1) is 19.5. The zero-order valence-electron chi connectivity index (χ0n) is 15.7. The number of nitriles is 1. The highest BCUT2D eigenvalue weighted by molar-refractivity contribution is 7.99. The van der Waals surface area contributed by atoms with Crippen molar-refractivity contribution in [1.82, 2.24) is 5.27 Å². The monoisotopic (exact) mass is 426 g/mol. The molecule has 0 fully saturated rings. The number of aryl methyl sites for hydroxylation is 2. The Hall–Kier alpha value is -2.83. The number of carbonyl (C=O) groups excluding carboxylic acids is 1. The summed E-state index contributed by atoms with van der Waals surface area (Å²) in [5, 5.41) is 29.0. The number of hydrogen-bond donors (Lipinski definition) is 1. The topological polar surface area (TPSA) is 106 Å². The van der Waals surface area contributed by atoms with Gasteiger partial charge in [0.05, 0.1) is 16.6 Å². The normalized spacial score (nSPS) is 13.0. The maximum Gasteiger partial charge on any atom is 0.298 e. The SMILES string of the molecule is Cc1ccc(-[n+]2noc([O-])c2SCC(=O)Nc2sc3c(c2C#N)CCCC3)cc1. The maximum atomic E-state index is 12.5. The molecule has 0 unspecified atom stereocenters. The van der Waals surface area contributed by atoms with Crippen LogP contribution in [0.3, 0.4) is 0 Å². The van der Waals surface area contributed by atoms with E-state index in [1.807, 2.05) is 31.2 Å². The molecular formula is C20H18N4O3S2. The zero-order valence-corrected chi connectivity index (χ0v) is 17.4. The second kappa shape index (κ2) is 8.27. The average Bonchev–Trinajstić information content (AvgIpc) is 3.26. The summed E-state index contributed by atoms with van der Waals surface area (Å²) in [6, 6.07) is 9.71. The van der Waals surface area contributed by atoms with E-state index in [4.69, 9.17) is 4.52 Å². The molecule has 3 aromatic rings. The van der Waals surface area contributed by atoms with Crippen molar-refractivity contribution in [3.8, 4) is 17.7 Å². The number of nitrogens with zero attached hydrogens (tertiary/aromatic N) is 3. The third-order valence-electron chi connectivity index (χ3n) is 4.73. The number of benzene rings is 1. The van der Waals surface area contributed by atoms with Crippen molar-refractivity contribution < 1.29 is 19.1 Å². The predicted molar refractivity (Wildman–Crippen MR) is 107 cm³/mol. The van der Waals surface area contributed by atoms with Crippen molar-refractivity contribution in [2.24, 2.45) is 0 Å². The summed E-state index contributed by atoms with van der Waals surface area (Å²) in [6.07, 6.45) is 4.02. The number of amides is 1. The smallest absolute Gasteiger partial charge is 0.298 e. The highest BCUT2D eigenvalue weighted by atomic mass is 32.2. The van der Waals surface area contributed by atoms with Gasteiger partial charge in [-0.15, -0.1) is 11.3 Å². The summed E-state index contributed by atoms with van der Waals surface area (Å²) in [4.78, 5) is 13.7. The molecule has 1 aromatic carbocycles. The molecule has 29 heavy (non-hydrogen) atoms. The quantitative estimate of drug-likeness (QED) is 0.497. The van der Waals surface area contributed by atoms with Gasteiger partial charge in [-0.3, -0.25) is 4.79 Å². The van der Waals surface area contributed by atoms with Gasteiger partial charge in [-0.05, 0) is 54.6 Å².